The van der Waals surface area contributed by atoms with Gasteiger partial charge in [0.2, 0.25) is 0 Å². The Morgan fingerprint density at radius 1 is 1.50 bits per heavy atom. The van der Waals surface area contributed by atoms with Gasteiger partial charge in [0.15, 0.2) is 5.78 Å². The van der Waals surface area contributed by atoms with Crippen LogP contribution in [0.2, 0.25) is 0 Å². The van der Waals surface area contributed by atoms with E-state index in [4.69, 9.17) is 4.74 Å². The normalized spacial score (nSPS) is 12.9. The van der Waals surface area contributed by atoms with Crippen LogP contribution in [0.15, 0.2) is 11.6 Å². The Morgan fingerprint density at radius 2 is 2.17 bits per heavy atom. The van der Waals surface area contributed by atoms with E-state index in [1.54, 1.807) is 33.9 Å². The second-order valence-corrected chi connectivity index (χ2v) is 5.92. The SMILES string of the molecule is C[C@H](NC(=O)OC(C)(C)C)C(=O)Cc1nccs1. The second-order valence-electron chi connectivity index (χ2n) is 4.94. The monoisotopic (exact) mass is 270 g/mol. The highest BCUT2D eigenvalue weighted by Crippen LogP contribution is 2.08. The van der Waals surface area contributed by atoms with E-state index in [1.165, 1.54) is 11.3 Å². The van der Waals surface area contributed by atoms with Gasteiger partial charge in [-0.3, -0.25) is 4.79 Å². The maximum absolute atomic E-state index is 11.8. The van der Waals surface area contributed by atoms with Gasteiger partial charge in [-0.1, -0.05) is 0 Å². The molecule has 1 atom stereocenters. The molecule has 0 aliphatic heterocycles. The molecule has 1 aromatic rings. The molecule has 1 rings (SSSR count). The van der Waals surface area contributed by atoms with E-state index in [-0.39, 0.29) is 12.2 Å². The number of ketones is 1. The highest BCUT2D eigenvalue weighted by atomic mass is 32.1. The van der Waals surface area contributed by atoms with Gasteiger partial charge in [0, 0.05) is 11.6 Å². The Balaban J connectivity index is 2.42. The Hall–Kier alpha value is -1.43. The Bertz CT molecular complexity index is 409. The van der Waals surface area contributed by atoms with Gasteiger partial charge in [-0.15, -0.1) is 11.3 Å². The first-order chi connectivity index (χ1) is 8.28. The highest BCUT2D eigenvalue weighted by molar-refractivity contribution is 7.09. The molecule has 1 heterocycles. The molecule has 0 saturated carbocycles. The van der Waals surface area contributed by atoms with Gasteiger partial charge < -0.3 is 10.1 Å². The van der Waals surface area contributed by atoms with Crippen LogP contribution in [0.25, 0.3) is 0 Å². The van der Waals surface area contributed by atoms with Crippen LogP contribution in [0.1, 0.15) is 32.7 Å². The van der Waals surface area contributed by atoms with Crippen molar-refractivity contribution in [3.05, 3.63) is 16.6 Å². The minimum Gasteiger partial charge on any atom is -0.444 e. The summed E-state index contributed by atoms with van der Waals surface area (Å²) < 4.78 is 5.08. The molecule has 1 aromatic heterocycles. The highest BCUT2D eigenvalue weighted by Gasteiger charge is 2.21. The van der Waals surface area contributed by atoms with Gasteiger partial charge in [0.1, 0.15) is 5.60 Å². The molecule has 1 amide bonds. The van der Waals surface area contributed by atoms with Crippen LogP contribution >= 0.6 is 11.3 Å². The lowest BCUT2D eigenvalue weighted by Gasteiger charge is -2.21. The summed E-state index contributed by atoms with van der Waals surface area (Å²) >= 11 is 1.42. The third-order valence-corrected chi connectivity index (χ3v) is 2.80. The van der Waals surface area contributed by atoms with Crippen LogP contribution in [0.4, 0.5) is 4.79 Å². The van der Waals surface area contributed by atoms with Crippen LogP contribution in [0.3, 0.4) is 0 Å². The number of aromatic nitrogens is 1. The number of carbonyl (C=O) groups is 2. The summed E-state index contributed by atoms with van der Waals surface area (Å²) in [7, 11) is 0. The zero-order valence-corrected chi connectivity index (χ0v) is 11.8. The number of ether oxygens (including phenoxy) is 1. The van der Waals surface area contributed by atoms with E-state index >= 15 is 0 Å². The van der Waals surface area contributed by atoms with Crippen molar-refractivity contribution in [1.82, 2.24) is 10.3 Å². The third-order valence-electron chi connectivity index (χ3n) is 2.03. The van der Waals surface area contributed by atoms with Gasteiger partial charge in [-0.25, -0.2) is 9.78 Å². The van der Waals surface area contributed by atoms with Crippen molar-refractivity contribution >= 4 is 23.2 Å². The zero-order chi connectivity index (χ0) is 13.8. The van der Waals surface area contributed by atoms with E-state index in [1.807, 2.05) is 5.38 Å². The number of thiazole rings is 1. The van der Waals surface area contributed by atoms with Crippen LogP contribution in [0, 0.1) is 0 Å². The Labute approximate surface area is 111 Å². The van der Waals surface area contributed by atoms with Gasteiger partial charge in [0.05, 0.1) is 17.5 Å². The summed E-state index contributed by atoms with van der Waals surface area (Å²) in [6.45, 7) is 6.96. The summed E-state index contributed by atoms with van der Waals surface area (Å²) in [6.07, 6.45) is 1.30. The zero-order valence-electron chi connectivity index (χ0n) is 11.0. The minimum absolute atomic E-state index is 0.0872. The fraction of sp³-hybridized carbons (Fsp3) is 0.583. The van der Waals surface area contributed by atoms with Gasteiger partial charge in [0.25, 0.3) is 0 Å². The summed E-state index contributed by atoms with van der Waals surface area (Å²) in [5.41, 5.74) is -0.567. The molecule has 0 radical (unpaired) electrons. The molecule has 18 heavy (non-hydrogen) atoms. The lowest BCUT2D eigenvalue weighted by Crippen LogP contribution is -2.42. The molecule has 0 aliphatic carbocycles. The average Bonchev–Trinajstić information content (AvgIpc) is 2.66. The first kappa shape index (κ1) is 14.6. The topological polar surface area (TPSA) is 68.3 Å². The number of Topliss-reactive ketones (excluding diaryl/α,β-unsaturated/α-hetero) is 1. The predicted molar refractivity (Wildman–Crippen MR) is 69.7 cm³/mol. The van der Waals surface area contributed by atoms with Crippen molar-refractivity contribution in [3.8, 4) is 0 Å². The molecule has 0 spiro atoms. The number of hydrogen-bond donors (Lipinski definition) is 1. The summed E-state index contributed by atoms with van der Waals surface area (Å²) in [4.78, 5) is 27.3. The molecule has 0 aromatic carbocycles. The van der Waals surface area contributed by atoms with Crippen molar-refractivity contribution < 1.29 is 14.3 Å². The van der Waals surface area contributed by atoms with E-state index in [0.717, 1.165) is 5.01 Å². The summed E-state index contributed by atoms with van der Waals surface area (Å²) in [5.74, 6) is -0.0872. The number of amides is 1. The van der Waals surface area contributed by atoms with Crippen molar-refractivity contribution in [1.29, 1.82) is 0 Å². The number of carbonyl (C=O) groups excluding carboxylic acids is 2. The van der Waals surface area contributed by atoms with E-state index < -0.39 is 17.7 Å². The van der Waals surface area contributed by atoms with Crippen molar-refractivity contribution in [3.63, 3.8) is 0 Å². The number of rotatable bonds is 4. The fourth-order valence-electron chi connectivity index (χ4n) is 1.21. The minimum atomic E-state index is -0.581. The second kappa shape index (κ2) is 5.95. The first-order valence-corrected chi connectivity index (χ1v) is 6.56. The molecule has 100 valence electrons. The largest absolute Gasteiger partial charge is 0.444 e. The average molecular weight is 270 g/mol. The molecular formula is C12H18N2O3S. The number of hydrogen-bond acceptors (Lipinski definition) is 5. The van der Waals surface area contributed by atoms with Crippen molar-refractivity contribution in [2.24, 2.45) is 0 Å². The quantitative estimate of drug-likeness (QED) is 0.910. The van der Waals surface area contributed by atoms with Gasteiger partial charge in [-0.2, -0.15) is 0 Å². The third kappa shape index (κ3) is 5.27. The van der Waals surface area contributed by atoms with E-state index in [2.05, 4.69) is 10.3 Å². The van der Waals surface area contributed by atoms with Crippen molar-refractivity contribution in [2.75, 3.05) is 0 Å². The van der Waals surface area contributed by atoms with E-state index in [9.17, 15) is 9.59 Å². The lowest BCUT2D eigenvalue weighted by molar-refractivity contribution is -0.120. The maximum Gasteiger partial charge on any atom is 0.408 e. The Morgan fingerprint density at radius 3 is 2.67 bits per heavy atom. The van der Waals surface area contributed by atoms with Gasteiger partial charge in [-0.05, 0) is 27.7 Å². The molecule has 0 saturated heterocycles. The maximum atomic E-state index is 11.8. The molecule has 0 bridgehead atoms. The number of nitrogens with one attached hydrogen (secondary N) is 1. The molecule has 5 nitrogen and oxygen atoms in total. The number of nitrogens with zero attached hydrogens (tertiary/aromatic N) is 1. The molecule has 1 N–H and O–H groups in total. The van der Waals surface area contributed by atoms with Crippen LogP contribution in [-0.2, 0) is 16.0 Å². The smallest absolute Gasteiger partial charge is 0.408 e. The van der Waals surface area contributed by atoms with Crippen LogP contribution < -0.4 is 5.32 Å². The van der Waals surface area contributed by atoms with Crippen molar-refractivity contribution in [2.45, 2.75) is 45.8 Å². The van der Waals surface area contributed by atoms with E-state index in [0.29, 0.717) is 0 Å². The lowest BCUT2D eigenvalue weighted by atomic mass is 10.1. The van der Waals surface area contributed by atoms with Crippen LogP contribution in [-0.4, -0.2) is 28.5 Å². The first-order valence-electron chi connectivity index (χ1n) is 5.68. The summed E-state index contributed by atoms with van der Waals surface area (Å²) in [6, 6.07) is -0.580. The Kier molecular flexibility index (Phi) is 4.84. The molecule has 0 fully saturated rings. The number of alkyl carbamates (subject to hydrolysis) is 1. The van der Waals surface area contributed by atoms with Crippen LogP contribution in [0.5, 0.6) is 0 Å². The standard InChI is InChI=1S/C12H18N2O3S/c1-8(14-11(16)17-12(2,3)4)9(15)7-10-13-5-6-18-10/h5-6,8H,7H2,1-4H3,(H,14,16)/t8-/m0/s1. The predicted octanol–water partition coefficient (Wildman–Crippen LogP) is 2.17. The fourth-order valence-corrected chi connectivity index (χ4v) is 1.83. The molecular weight excluding hydrogens is 252 g/mol. The molecule has 0 aliphatic rings. The van der Waals surface area contributed by atoms with Gasteiger partial charge >= 0.3 is 6.09 Å². The molecule has 0 unspecified atom stereocenters. The summed E-state index contributed by atoms with van der Waals surface area (Å²) in [5, 5.41) is 5.08. The molecule has 6 heteroatoms.